The second-order valence-corrected chi connectivity index (χ2v) is 5.64. The lowest BCUT2D eigenvalue weighted by atomic mass is 10.2. The van der Waals surface area contributed by atoms with Crippen molar-refractivity contribution in [3.63, 3.8) is 0 Å². The first-order chi connectivity index (χ1) is 9.16. The third kappa shape index (κ3) is 2.41. The predicted octanol–water partition coefficient (Wildman–Crippen LogP) is 1.34. The van der Waals surface area contributed by atoms with Crippen LogP contribution in [0.5, 0.6) is 0 Å². The van der Waals surface area contributed by atoms with Gasteiger partial charge < -0.3 is 5.32 Å². The standard InChI is InChI=1S/C10H9Cl2N5OS/c11-4-2-1-3-5-6(4)7(12)8(19-5)9(18)13-10-14-16-17-15-10/h1-3,10,14-17H,(H,13,18). The van der Waals surface area contributed by atoms with Crippen molar-refractivity contribution in [1.29, 1.82) is 0 Å². The van der Waals surface area contributed by atoms with Gasteiger partial charge in [-0.2, -0.15) is 11.1 Å². The van der Waals surface area contributed by atoms with Crippen LogP contribution in [0.25, 0.3) is 10.1 Å². The summed E-state index contributed by atoms with van der Waals surface area (Å²) in [7, 11) is 0. The number of carbonyl (C=O) groups is 1. The topological polar surface area (TPSA) is 77.2 Å². The van der Waals surface area contributed by atoms with Crippen LogP contribution in [-0.2, 0) is 0 Å². The van der Waals surface area contributed by atoms with E-state index < -0.39 is 6.29 Å². The van der Waals surface area contributed by atoms with Crippen LogP contribution >= 0.6 is 34.5 Å². The molecule has 0 bridgehead atoms. The Bertz CT molecular complexity index is 640. The summed E-state index contributed by atoms with van der Waals surface area (Å²) in [6.45, 7) is 0. The van der Waals surface area contributed by atoms with Gasteiger partial charge in [-0.25, -0.2) is 10.9 Å². The molecule has 1 aliphatic rings. The molecule has 0 aliphatic carbocycles. The molecule has 0 spiro atoms. The summed E-state index contributed by atoms with van der Waals surface area (Å²) >= 11 is 13.6. The monoisotopic (exact) mass is 317 g/mol. The van der Waals surface area contributed by atoms with E-state index in [-0.39, 0.29) is 5.91 Å². The summed E-state index contributed by atoms with van der Waals surface area (Å²) in [5.74, 6) is -0.280. The number of carbonyl (C=O) groups excluding carboxylic acids is 1. The van der Waals surface area contributed by atoms with Crippen LogP contribution < -0.4 is 27.2 Å². The highest BCUT2D eigenvalue weighted by Gasteiger charge is 2.22. The molecular weight excluding hydrogens is 309 g/mol. The van der Waals surface area contributed by atoms with Crippen molar-refractivity contribution < 1.29 is 4.79 Å². The highest BCUT2D eigenvalue weighted by molar-refractivity contribution is 7.21. The molecule has 0 radical (unpaired) electrons. The zero-order valence-electron chi connectivity index (χ0n) is 9.38. The van der Waals surface area contributed by atoms with E-state index in [1.165, 1.54) is 11.3 Å². The van der Waals surface area contributed by atoms with Gasteiger partial charge in [-0.05, 0) is 12.1 Å². The molecule has 3 rings (SSSR count). The molecule has 0 atom stereocenters. The number of nitrogens with one attached hydrogen (secondary N) is 5. The normalized spacial score (nSPS) is 16.1. The Kier molecular flexibility index (Phi) is 3.59. The lowest BCUT2D eigenvalue weighted by Crippen LogP contribution is -2.49. The first kappa shape index (κ1) is 13.1. The van der Waals surface area contributed by atoms with Crippen molar-refractivity contribution in [2.45, 2.75) is 6.29 Å². The third-order valence-electron chi connectivity index (χ3n) is 2.58. The molecule has 1 fully saturated rings. The number of thiophene rings is 1. The molecule has 0 saturated carbocycles. The Morgan fingerprint density at radius 1 is 1.26 bits per heavy atom. The maximum absolute atomic E-state index is 12.1. The van der Waals surface area contributed by atoms with Crippen molar-refractivity contribution in [2.75, 3.05) is 0 Å². The maximum atomic E-state index is 12.1. The molecule has 1 aliphatic heterocycles. The van der Waals surface area contributed by atoms with E-state index in [2.05, 4.69) is 27.2 Å². The SMILES string of the molecule is O=C(NC1NNNN1)c1sc2cccc(Cl)c2c1Cl. The van der Waals surface area contributed by atoms with Gasteiger partial charge in [0.05, 0.1) is 10.0 Å². The highest BCUT2D eigenvalue weighted by Crippen LogP contribution is 2.39. The summed E-state index contributed by atoms with van der Waals surface area (Å²) in [4.78, 5) is 12.6. The predicted molar refractivity (Wildman–Crippen MR) is 75.6 cm³/mol. The average Bonchev–Trinajstić information content (AvgIpc) is 2.98. The molecule has 1 aromatic heterocycles. The molecule has 2 aromatic rings. The van der Waals surface area contributed by atoms with E-state index >= 15 is 0 Å². The fourth-order valence-corrected chi connectivity index (χ4v) is 3.60. The van der Waals surface area contributed by atoms with Gasteiger partial charge in [-0.15, -0.1) is 11.3 Å². The van der Waals surface area contributed by atoms with E-state index in [0.29, 0.717) is 20.3 Å². The summed E-state index contributed by atoms with van der Waals surface area (Å²) in [6.07, 6.45) is -0.427. The van der Waals surface area contributed by atoms with Gasteiger partial charge in [-0.1, -0.05) is 29.3 Å². The van der Waals surface area contributed by atoms with Crippen molar-refractivity contribution in [3.05, 3.63) is 33.1 Å². The lowest BCUT2D eigenvalue weighted by molar-refractivity contribution is 0.0931. The number of hydrogen-bond donors (Lipinski definition) is 5. The Labute approximate surface area is 122 Å². The van der Waals surface area contributed by atoms with E-state index in [1.807, 2.05) is 12.1 Å². The fraction of sp³-hybridized carbons (Fsp3) is 0.100. The molecular formula is C10H9Cl2N5OS. The molecule has 5 N–H and O–H groups in total. The first-order valence-electron chi connectivity index (χ1n) is 5.35. The number of rotatable bonds is 2. The minimum absolute atomic E-state index is 0.280. The lowest BCUT2D eigenvalue weighted by Gasteiger charge is -2.10. The van der Waals surface area contributed by atoms with E-state index in [1.54, 1.807) is 6.07 Å². The summed E-state index contributed by atoms with van der Waals surface area (Å²) in [5, 5.41) is 4.34. The maximum Gasteiger partial charge on any atom is 0.265 e. The Morgan fingerprint density at radius 2 is 2.00 bits per heavy atom. The second kappa shape index (κ2) is 5.22. The van der Waals surface area contributed by atoms with Gasteiger partial charge in [-0.3, -0.25) is 4.79 Å². The average molecular weight is 318 g/mol. The van der Waals surface area contributed by atoms with Crippen LogP contribution in [-0.4, -0.2) is 12.2 Å². The third-order valence-corrected chi connectivity index (χ3v) is 4.54. The number of halogens is 2. The summed E-state index contributed by atoms with van der Waals surface area (Å²) in [6, 6.07) is 5.45. The van der Waals surface area contributed by atoms with Gasteiger partial charge in [0.25, 0.3) is 5.91 Å². The minimum Gasteiger partial charge on any atom is -0.321 e. The summed E-state index contributed by atoms with van der Waals surface area (Å²) in [5.41, 5.74) is 10.7. The minimum atomic E-state index is -0.427. The molecule has 1 amide bonds. The molecule has 0 unspecified atom stereocenters. The Balaban J connectivity index is 1.94. The Morgan fingerprint density at radius 3 is 2.68 bits per heavy atom. The van der Waals surface area contributed by atoms with Crippen LogP contribution in [0.2, 0.25) is 10.0 Å². The highest BCUT2D eigenvalue weighted by atomic mass is 35.5. The van der Waals surface area contributed by atoms with Crippen molar-refractivity contribution >= 4 is 50.5 Å². The van der Waals surface area contributed by atoms with Crippen LogP contribution in [0.1, 0.15) is 9.67 Å². The van der Waals surface area contributed by atoms with Crippen LogP contribution in [0.3, 0.4) is 0 Å². The van der Waals surface area contributed by atoms with Crippen LogP contribution in [0.4, 0.5) is 0 Å². The zero-order chi connectivity index (χ0) is 13.4. The molecule has 6 nitrogen and oxygen atoms in total. The zero-order valence-corrected chi connectivity index (χ0v) is 11.7. The molecule has 1 saturated heterocycles. The van der Waals surface area contributed by atoms with Crippen molar-refractivity contribution in [2.24, 2.45) is 0 Å². The number of amides is 1. The summed E-state index contributed by atoms with van der Waals surface area (Å²) < 4.78 is 0.881. The fourth-order valence-electron chi connectivity index (χ4n) is 1.74. The second-order valence-electron chi connectivity index (χ2n) is 3.80. The number of hydrazine groups is 3. The van der Waals surface area contributed by atoms with Gasteiger partial charge in [0.1, 0.15) is 4.88 Å². The van der Waals surface area contributed by atoms with Gasteiger partial charge >= 0.3 is 0 Å². The number of hydrogen-bond acceptors (Lipinski definition) is 6. The largest absolute Gasteiger partial charge is 0.321 e. The Hall–Kier alpha value is -0.930. The molecule has 1 aromatic carbocycles. The number of benzene rings is 1. The quantitative estimate of drug-likeness (QED) is 0.578. The first-order valence-corrected chi connectivity index (χ1v) is 6.92. The van der Waals surface area contributed by atoms with E-state index in [4.69, 9.17) is 23.2 Å². The molecule has 9 heteroatoms. The van der Waals surface area contributed by atoms with Gasteiger partial charge in [0, 0.05) is 10.1 Å². The van der Waals surface area contributed by atoms with Crippen molar-refractivity contribution in [3.8, 4) is 0 Å². The molecule has 100 valence electrons. The van der Waals surface area contributed by atoms with E-state index in [9.17, 15) is 4.79 Å². The van der Waals surface area contributed by atoms with Crippen LogP contribution in [0.15, 0.2) is 18.2 Å². The van der Waals surface area contributed by atoms with Crippen LogP contribution in [0, 0.1) is 0 Å². The smallest absolute Gasteiger partial charge is 0.265 e. The van der Waals surface area contributed by atoms with Gasteiger partial charge in [0.15, 0.2) is 6.29 Å². The number of fused-ring (bicyclic) bond motifs is 1. The van der Waals surface area contributed by atoms with Gasteiger partial charge in [0.2, 0.25) is 0 Å². The molecule has 19 heavy (non-hydrogen) atoms. The van der Waals surface area contributed by atoms with Crippen molar-refractivity contribution in [1.82, 2.24) is 27.2 Å². The molecule has 2 heterocycles. The van der Waals surface area contributed by atoms with E-state index in [0.717, 1.165) is 4.70 Å².